The fourth-order valence-electron chi connectivity index (χ4n) is 3.39. The number of nitrogens with zero attached hydrogens (tertiary/aromatic N) is 3. The molecule has 1 aliphatic rings. The second-order valence-corrected chi connectivity index (χ2v) is 6.93. The van der Waals surface area contributed by atoms with Gasteiger partial charge in [-0.25, -0.2) is 0 Å². The summed E-state index contributed by atoms with van der Waals surface area (Å²) in [6.45, 7) is 8.38. The number of rotatable bonds is 4. The fourth-order valence-corrected chi connectivity index (χ4v) is 3.39. The van der Waals surface area contributed by atoms with Gasteiger partial charge in [-0.2, -0.15) is 4.98 Å². The van der Waals surface area contributed by atoms with Gasteiger partial charge in [-0.05, 0) is 39.3 Å². The molecule has 0 bridgehead atoms. The summed E-state index contributed by atoms with van der Waals surface area (Å²) in [5.41, 5.74) is 0.569. The number of carbonyl (C=O) groups excluding carboxylic acids is 1. The lowest BCUT2D eigenvalue weighted by atomic mass is 10.0. The predicted octanol–water partition coefficient (Wildman–Crippen LogP) is 2.82. The smallest absolute Gasteiger partial charge is 0.231 e. The molecule has 0 spiro atoms. The summed E-state index contributed by atoms with van der Waals surface area (Å²) in [5.74, 6) is 1.24. The van der Waals surface area contributed by atoms with E-state index in [0.717, 1.165) is 13.0 Å². The number of hydrogen-bond donors (Lipinski definition) is 1. The Morgan fingerprint density at radius 1 is 1.33 bits per heavy atom. The molecule has 1 aromatic carbocycles. The summed E-state index contributed by atoms with van der Waals surface area (Å²) in [4.78, 5) is 18.3. The molecule has 2 atom stereocenters. The molecule has 1 N–H and O–H groups in total. The zero-order valence-corrected chi connectivity index (χ0v) is 14.6. The second-order valence-electron chi connectivity index (χ2n) is 6.93. The predicted molar refractivity (Wildman–Crippen MR) is 91.7 cm³/mol. The molecule has 2 aromatic rings. The van der Waals surface area contributed by atoms with Crippen molar-refractivity contribution < 1.29 is 9.32 Å². The van der Waals surface area contributed by atoms with Crippen LogP contribution in [0.4, 0.5) is 5.69 Å². The van der Waals surface area contributed by atoms with E-state index in [1.807, 2.05) is 19.9 Å². The number of nitrogens with one attached hydrogen (secondary N) is 1. The molecule has 3 rings (SSSR count). The van der Waals surface area contributed by atoms with Gasteiger partial charge in [-0.3, -0.25) is 4.79 Å². The Hall–Kier alpha value is -2.37. The summed E-state index contributed by atoms with van der Waals surface area (Å²) in [6, 6.07) is 10.7. The summed E-state index contributed by atoms with van der Waals surface area (Å²) in [5, 5.41) is 6.95. The molecule has 24 heavy (non-hydrogen) atoms. The molecule has 0 unspecified atom stereocenters. The van der Waals surface area contributed by atoms with Crippen molar-refractivity contribution in [2.75, 3.05) is 11.4 Å². The Labute approximate surface area is 142 Å². The summed E-state index contributed by atoms with van der Waals surface area (Å²) in [6.07, 6.45) is 0.970. The Bertz CT molecular complexity index is 711. The third kappa shape index (κ3) is 3.13. The van der Waals surface area contributed by atoms with Gasteiger partial charge in [-0.15, -0.1) is 0 Å². The number of hydrogen-bond acceptors (Lipinski definition) is 5. The van der Waals surface area contributed by atoms with E-state index in [1.165, 1.54) is 12.6 Å². The molecule has 1 fully saturated rings. The lowest BCUT2D eigenvalue weighted by Crippen LogP contribution is -2.40. The number of carbonyl (C=O) groups is 1. The highest BCUT2D eigenvalue weighted by Gasteiger charge is 2.37. The van der Waals surface area contributed by atoms with Crippen LogP contribution in [-0.4, -0.2) is 28.6 Å². The highest BCUT2D eigenvalue weighted by atomic mass is 16.5. The van der Waals surface area contributed by atoms with E-state index >= 15 is 0 Å². The number of anilines is 1. The van der Waals surface area contributed by atoms with Crippen molar-refractivity contribution >= 4 is 11.6 Å². The SMILES string of the molecule is CC(=O)NC(C)(C)c1noc([C@H]2CCN(c3ccccc3)[C@@H]2C)n1. The lowest BCUT2D eigenvalue weighted by molar-refractivity contribution is -0.120. The van der Waals surface area contributed by atoms with E-state index < -0.39 is 5.54 Å². The van der Waals surface area contributed by atoms with Crippen LogP contribution in [0.2, 0.25) is 0 Å². The van der Waals surface area contributed by atoms with E-state index in [-0.39, 0.29) is 17.9 Å². The quantitative estimate of drug-likeness (QED) is 0.934. The van der Waals surface area contributed by atoms with Crippen molar-refractivity contribution in [3.05, 3.63) is 42.0 Å². The molecule has 1 amide bonds. The maximum Gasteiger partial charge on any atom is 0.231 e. The van der Waals surface area contributed by atoms with E-state index in [0.29, 0.717) is 11.7 Å². The minimum absolute atomic E-state index is 0.115. The highest BCUT2D eigenvalue weighted by Crippen LogP contribution is 2.36. The summed E-state index contributed by atoms with van der Waals surface area (Å²) in [7, 11) is 0. The molecule has 0 saturated carbocycles. The minimum atomic E-state index is -0.644. The van der Waals surface area contributed by atoms with Crippen molar-refractivity contribution in [3.8, 4) is 0 Å². The third-order valence-corrected chi connectivity index (χ3v) is 4.65. The Morgan fingerprint density at radius 3 is 2.71 bits per heavy atom. The first-order valence-corrected chi connectivity index (χ1v) is 8.33. The zero-order chi connectivity index (χ0) is 17.3. The van der Waals surface area contributed by atoms with Crippen molar-refractivity contribution in [2.45, 2.75) is 51.6 Å². The number of amides is 1. The Balaban J connectivity index is 1.78. The van der Waals surface area contributed by atoms with Crippen LogP contribution < -0.4 is 10.2 Å². The topological polar surface area (TPSA) is 71.3 Å². The van der Waals surface area contributed by atoms with Gasteiger partial charge in [0.1, 0.15) is 0 Å². The minimum Gasteiger partial charge on any atom is -0.368 e. The molecular formula is C18H24N4O2. The second kappa shape index (κ2) is 6.26. The molecule has 1 aliphatic heterocycles. The van der Waals surface area contributed by atoms with Gasteiger partial charge in [0, 0.05) is 25.2 Å². The van der Waals surface area contributed by atoms with Crippen LogP contribution in [0.25, 0.3) is 0 Å². The molecule has 0 aliphatic carbocycles. The number of aromatic nitrogens is 2. The van der Waals surface area contributed by atoms with E-state index in [1.54, 1.807) is 0 Å². The largest absolute Gasteiger partial charge is 0.368 e. The zero-order valence-electron chi connectivity index (χ0n) is 14.6. The maximum absolute atomic E-state index is 11.3. The van der Waals surface area contributed by atoms with Crippen LogP contribution in [0.3, 0.4) is 0 Å². The van der Waals surface area contributed by atoms with Crippen LogP contribution in [0, 0.1) is 0 Å². The van der Waals surface area contributed by atoms with Gasteiger partial charge in [-0.1, -0.05) is 23.4 Å². The molecule has 128 valence electrons. The van der Waals surface area contributed by atoms with Gasteiger partial charge < -0.3 is 14.7 Å². The molecule has 2 heterocycles. The van der Waals surface area contributed by atoms with Crippen LogP contribution in [-0.2, 0) is 10.3 Å². The van der Waals surface area contributed by atoms with Gasteiger partial charge in [0.05, 0.1) is 11.5 Å². The standard InChI is InChI=1S/C18H24N4O2/c1-12-15(10-11-22(12)14-8-6-5-7-9-14)16-19-17(21-24-16)18(3,4)20-13(2)23/h5-9,12,15H,10-11H2,1-4H3,(H,20,23)/t12-,15+/m1/s1. The van der Waals surface area contributed by atoms with Crippen LogP contribution in [0.5, 0.6) is 0 Å². The third-order valence-electron chi connectivity index (χ3n) is 4.65. The van der Waals surface area contributed by atoms with Crippen molar-refractivity contribution in [1.82, 2.24) is 15.5 Å². The summed E-state index contributed by atoms with van der Waals surface area (Å²) >= 11 is 0. The Morgan fingerprint density at radius 2 is 2.04 bits per heavy atom. The van der Waals surface area contributed by atoms with Crippen LogP contribution in [0.15, 0.2) is 34.9 Å². The average molecular weight is 328 g/mol. The van der Waals surface area contributed by atoms with Crippen LogP contribution in [0.1, 0.15) is 51.7 Å². The number of benzene rings is 1. The molecule has 6 nitrogen and oxygen atoms in total. The summed E-state index contributed by atoms with van der Waals surface area (Å²) < 4.78 is 5.53. The van der Waals surface area contributed by atoms with E-state index in [2.05, 4.69) is 51.5 Å². The van der Waals surface area contributed by atoms with Gasteiger partial charge in [0.2, 0.25) is 11.8 Å². The monoisotopic (exact) mass is 328 g/mol. The first-order valence-electron chi connectivity index (χ1n) is 8.33. The van der Waals surface area contributed by atoms with Gasteiger partial charge in [0.15, 0.2) is 5.82 Å². The molecule has 1 saturated heterocycles. The lowest BCUT2D eigenvalue weighted by Gasteiger charge is -2.25. The molecule has 6 heteroatoms. The highest BCUT2D eigenvalue weighted by molar-refractivity contribution is 5.73. The normalized spacial score (nSPS) is 21.1. The average Bonchev–Trinajstić information content (AvgIpc) is 3.14. The number of para-hydroxylation sites is 1. The van der Waals surface area contributed by atoms with Crippen LogP contribution >= 0.6 is 0 Å². The van der Waals surface area contributed by atoms with E-state index in [9.17, 15) is 4.79 Å². The molecule has 0 radical (unpaired) electrons. The van der Waals surface area contributed by atoms with E-state index in [4.69, 9.17) is 4.52 Å². The van der Waals surface area contributed by atoms with Gasteiger partial charge >= 0.3 is 0 Å². The van der Waals surface area contributed by atoms with Crippen molar-refractivity contribution in [3.63, 3.8) is 0 Å². The fraction of sp³-hybridized carbons (Fsp3) is 0.500. The Kier molecular flexibility index (Phi) is 4.30. The molecule has 1 aromatic heterocycles. The first kappa shape index (κ1) is 16.5. The van der Waals surface area contributed by atoms with Gasteiger partial charge in [0.25, 0.3) is 0 Å². The van der Waals surface area contributed by atoms with Crippen molar-refractivity contribution in [2.24, 2.45) is 0 Å². The molecular weight excluding hydrogens is 304 g/mol. The first-order chi connectivity index (χ1) is 11.4. The van der Waals surface area contributed by atoms with Crippen molar-refractivity contribution in [1.29, 1.82) is 0 Å². The maximum atomic E-state index is 11.3.